The van der Waals surface area contributed by atoms with Crippen molar-refractivity contribution < 1.29 is 4.79 Å². The van der Waals surface area contributed by atoms with Gasteiger partial charge in [0.15, 0.2) is 0 Å². The molecule has 1 amide bonds. The Labute approximate surface area is 145 Å². The summed E-state index contributed by atoms with van der Waals surface area (Å²) in [7, 11) is 0. The van der Waals surface area contributed by atoms with Crippen LogP contribution in [0.2, 0.25) is 0 Å². The highest BCUT2D eigenvalue weighted by atomic mass is 16.2. The fourth-order valence-electron chi connectivity index (χ4n) is 2.99. The maximum absolute atomic E-state index is 12.9. The van der Waals surface area contributed by atoms with E-state index in [4.69, 9.17) is 5.73 Å². The molecule has 24 heavy (non-hydrogen) atoms. The van der Waals surface area contributed by atoms with Gasteiger partial charge in [0.1, 0.15) is 0 Å². The molecule has 1 unspecified atom stereocenters. The summed E-state index contributed by atoms with van der Waals surface area (Å²) in [4.78, 5) is 14.9. The third kappa shape index (κ3) is 4.45. The number of nitrogens with two attached hydrogens (primary N) is 1. The van der Waals surface area contributed by atoms with Crippen LogP contribution in [0.25, 0.3) is 0 Å². The first-order valence-corrected chi connectivity index (χ1v) is 8.74. The first-order chi connectivity index (χ1) is 11.6. The molecule has 0 aliphatic heterocycles. The molecule has 2 aromatic carbocycles. The number of carbonyl (C=O) groups excluding carboxylic acids is 1. The predicted molar refractivity (Wildman–Crippen MR) is 100 cm³/mol. The second-order valence-corrected chi connectivity index (χ2v) is 6.24. The molecule has 0 bridgehead atoms. The fraction of sp³-hybridized carbons (Fsp3) is 0.381. The number of hydrogen-bond donors (Lipinski definition) is 1. The van der Waals surface area contributed by atoms with E-state index in [1.54, 1.807) is 0 Å². The Balaban J connectivity index is 2.16. The molecular formula is C21H28N2O. The Bertz CT molecular complexity index is 647. The summed E-state index contributed by atoms with van der Waals surface area (Å²) in [5, 5.41) is 0. The highest BCUT2D eigenvalue weighted by molar-refractivity contribution is 5.94. The van der Waals surface area contributed by atoms with Crippen LogP contribution in [0.5, 0.6) is 0 Å². The van der Waals surface area contributed by atoms with Crippen LogP contribution in [0.4, 0.5) is 0 Å². The van der Waals surface area contributed by atoms with E-state index in [2.05, 4.69) is 38.1 Å². The molecule has 3 heteroatoms. The maximum Gasteiger partial charge on any atom is 0.254 e. The smallest absolute Gasteiger partial charge is 0.254 e. The van der Waals surface area contributed by atoms with Gasteiger partial charge in [0.2, 0.25) is 0 Å². The minimum Gasteiger partial charge on any atom is -0.336 e. The predicted octanol–water partition coefficient (Wildman–Crippen LogP) is 3.94. The van der Waals surface area contributed by atoms with E-state index in [1.165, 1.54) is 11.1 Å². The van der Waals surface area contributed by atoms with Gasteiger partial charge in [0.25, 0.3) is 5.91 Å². The molecule has 0 aliphatic carbocycles. The first kappa shape index (κ1) is 18.2. The number of nitrogens with zero attached hydrogens (tertiary/aromatic N) is 1. The van der Waals surface area contributed by atoms with Gasteiger partial charge in [0, 0.05) is 24.7 Å². The SMILES string of the molecule is CCC(Cc1ccc(C)cc1)N(CC)C(=O)c1ccc(CN)cc1. The van der Waals surface area contributed by atoms with Crippen molar-refractivity contribution in [2.45, 2.75) is 46.2 Å². The summed E-state index contributed by atoms with van der Waals surface area (Å²) in [6.45, 7) is 7.49. The molecule has 128 valence electrons. The summed E-state index contributed by atoms with van der Waals surface area (Å²) in [6.07, 6.45) is 1.82. The molecule has 0 saturated heterocycles. The molecule has 2 aromatic rings. The van der Waals surface area contributed by atoms with Gasteiger partial charge in [-0.1, -0.05) is 48.9 Å². The van der Waals surface area contributed by atoms with E-state index in [1.807, 2.05) is 36.1 Å². The Hall–Kier alpha value is -2.13. The van der Waals surface area contributed by atoms with E-state index >= 15 is 0 Å². The lowest BCUT2D eigenvalue weighted by molar-refractivity contribution is 0.0684. The van der Waals surface area contributed by atoms with Gasteiger partial charge in [-0.25, -0.2) is 0 Å². The van der Waals surface area contributed by atoms with E-state index in [9.17, 15) is 4.79 Å². The number of hydrogen-bond acceptors (Lipinski definition) is 2. The molecule has 0 aromatic heterocycles. The molecule has 2 rings (SSSR count). The van der Waals surface area contributed by atoms with Crippen molar-refractivity contribution >= 4 is 5.91 Å². The van der Waals surface area contributed by atoms with Crippen LogP contribution in [0.1, 0.15) is 47.3 Å². The zero-order valence-corrected chi connectivity index (χ0v) is 15.0. The highest BCUT2D eigenvalue weighted by Gasteiger charge is 2.22. The third-order valence-electron chi connectivity index (χ3n) is 4.54. The van der Waals surface area contributed by atoms with Crippen molar-refractivity contribution in [1.29, 1.82) is 0 Å². The summed E-state index contributed by atoms with van der Waals surface area (Å²) in [5.41, 5.74) is 9.94. The average molecular weight is 324 g/mol. The van der Waals surface area contributed by atoms with Crippen molar-refractivity contribution in [2.24, 2.45) is 5.73 Å². The number of rotatable bonds is 7. The lowest BCUT2D eigenvalue weighted by Gasteiger charge is -2.30. The molecule has 0 radical (unpaired) electrons. The quantitative estimate of drug-likeness (QED) is 0.838. The minimum atomic E-state index is 0.0973. The molecule has 1 atom stereocenters. The second-order valence-electron chi connectivity index (χ2n) is 6.24. The van der Waals surface area contributed by atoms with E-state index in [0.29, 0.717) is 13.1 Å². The van der Waals surface area contributed by atoms with Crippen LogP contribution in [0, 0.1) is 6.92 Å². The van der Waals surface area contributed by atoms with Crippen LogP contribution >= 0.6 is 0 Å². The first-order valence-electron chi connectivity index (χ1n) is 8.74. The van der Waals surface area contributed by atoms with Gasteiger partial charge >= 0.3 is 0 Å². The number of aryl methyl sites for hydroxylation is 1. The summed E-state index contributed by atoms with van der Waals surface area (Å²) in [6, 6.07) is 16.4. The Kier molecular flexibility index (Phi) is 6.56. The number of benzene rings is 2. The standard InChI is InChI=1S/C21H28N2O/c1-4-20(14-17-8-6-16(3)7-9-17)23(5-2)21(24)19-12-10-18(15-22)11-13-19/h6-13,20H,4-5,14-15,22H2,1-3H3. The third-order valence-corrected chi connectivity index (χ3v) is 4.54. The second kappa shape index (κ2) is 8.65. The van der Waals surface area contributed by atoms with Crippen LogP contribution < -0.4 is 5.73 Å². The Morgan fingerprint density at radius 2 is 1.58 bits per heavy atom. The molecule has 3 nitrogen and oxygen atoms in total. The summed E-state index contributed by atoms with van der Waals surface area (Å²) >= 11 is 0. The number of carbonyl (C=O) groups is 1. The molecular weight excluding hydrogens is 296 g/mol. The highest BCUT2D eigenvalue weighted by Crippen LogP contribution is 2.17. The van der Waals surface area contributed by atoms with Crippen molar-refractivity contribution in [2.75, 3.05) is 6.54 Å². The van der Waals surface area contributed by atoms with Gasteiger partial charge in [-0.05, 0) is 49.9 Å². The van der Waals surface area contributed by atoms with Crippen LogP contribution in [-0.2, 0) is 13.0 Å². The average Bonchev–Trinajstić information content (AvgIpc) is 2.63. The fourth-order valence-corrected chi connectivity index (χ4v) is 2.99. The van der Waals surface area contributed by atoms with Gasteiger partial charge < -0.3 is 10.6 Å². The summed E-state index contributed by atoms with van der Waals surface area (Å²) in [5.74, 6) is 0.0973. The van der Waals surface area contributed by atoms with Crippen LogP contribution in [0.3, 0.4) is 0 Å². The van der Waals surface area contributed by atoms with Gasteiger partial charge in [0.05, 0.1) is 0 Å². The maximum atomic E-state index is 12.9. The van der Waals surface area contributed by atoms with Crippen LogP contribution in [0.15, 0.2) is 48.5 Å². The van der Waals surface area contributed by atoms with Crippen molar-refractivity contribution in [3.05, 3.63) is 70.8 Å². The summed E-state index contributed by atoms with van der Waals surface area (Å²) < 4.78 is 0. The Morgan fingerprint density at radius 1 is 1.00 bits per heavy atom. The van der Waals surface area contributed by atoms with Crippen molar-refractivity contribution in [3.63, 3.8) is 0 Å². The molecule has 0 heterocycles. The lowest BCUT2D eigenvalue weighted by atomic mass is 10.00. The molecule has 0 aliphatic rings. The molecule has 0 saturated carbocycles. The van der Waals surface area contributed by atoms with Crippen molar-refractivity contribution in [1.82, 2.24) is 4.90 Å². The molecule has 2 N–H and O–H groups in total. The van der Waals surface area contributed by atoms with E-state index < -0.39 is 0 Å². The number of amides is 1. The minimum absolute atomic E-state index is 0.0973. The van der Waals surface area contributed by atoms with Crippen LogP contribution in [-0.4, -0.2) is 23.4 Å². The zero-order chi connectivity index (χ0) is 17.5. The van der Waals surface area contributed by atoms with Gasteiger partial charge in [-0.2, -0.15) is 0 Å². The van der Waals surface area contributed by atoms with Gasteiger partial charge in [-0.3, -0.25) is 4.79 Å². The normalized spacial score (nSPS) is 12.0. The van der Waals surface area contributed by atoms with E-state index in [-0.39, 0.29) is 11.9 Å². The number of likely N-dealkylation sites (N-methyl/N-ethyl adjacent to an activating group) is 1. The molecule has 0 fully saturated rings. The lowest BCUT2D eigenvalue weighted by Crippen LogP contribution is -2.41. The Morgan fingerprint density at radius 3 is 2.08 bits per heavy atom. The van der Waals surface area contributed by atoms with Gasteiger partial charge in [-0.15, -0.1) is 0 Å². The zero-order valence-electron chi connectivity index (χ0n) is 15.0. The largest absolute Gasteiger partial charge is 0.336 e. The van der Waals surface area contributed by atoms with E-state index in [0.717, 1.165) is 24.0 Å². The molecule has 0 spiro atoms. The topological polar surface area (TPSA) is 46.3 Å². The van der Waals surface area contributed by atoms with Crippen molar-refractivity contribution in [3.8, 4) is 0 Å². The monoisotopic (exact) mass is 324 g/mol.